The van der Waals surface area contributed by atoms with Gasteiger partial charge in [-0.05, 0) is 19.9 Å². The van der Waals surface area contributed by atoms with E-state index in [9.17, 15) is 14.0 Å². The number of nitrogens with one attached hydrogen (secondary N) is 1. The first kappa shape index (κ1) is 20.7. The number of benzene rings is 1. The molecule has 8 heteroatoms. The van der Waals surface area contributed by atoms with E-state index in [4.69, 9.17) is 4.52 Å². The lowest BCUT2D eigenvalue weighted by Gasteiger charge is -2.22. The molecule has 0 bridgehead atoms. The van der Waals surface area contributed by atoms with Crippen LogP contribution >= 0.6 is 11.8 Å². The number of hydrogen-bond acceptors (Lipinski definition) is 5. The SMILES string of the molecule is C=CCN(Cc1ccccc1F)C(=O)CSC(C)C(=O)Nc1cc(C)on1. The fourth-order valence-electron chi connectivity index (χ4n) is 2.26. The van der Waals surface area contributed by atoms with Gasteiger partial charge in [-0.25, -0.2) is 4.39 Å². The second kappa shape index (κ2) is 9.91. The molecule has 0 aliphatic heterocycles. The number of anilines is 1. The smallest absolute Gasteiger partial charge is 0.238 e. The molecule has 27 heavy (non-hydrogen) atoms. The molecule has 0 radical (unpaired) electrons. The van der Waals surface area contributed by atoms with Gasteiger partial charge in [0.25, 0.3) is 0 Å². The molecule has 1 N–H and O–H groups in total. The number of nitrogens with zero attached hydrogens (tertiary/aromatic N) is 2. The summed E-state index contributed by atoms with van der Waals surface area (Å²) in [5.41, 5.74) is 0.435. The molecule has 1 atom stereocenters. The van der Waals surface area contributed by atoms with Gasteiger partial charge >= 0.3 is 0 Å². The first-order chi connectivity index (χ1) is 12.9. The Morgan fingerprint density at radius 1 is 1.44 bits per heavy atom. The minimum absolute atomic E-state index is 0.0920. The van der Waals surface area contributed by atoms with Gasteiger partial charge in [-0.3, -0.25) is 9.59 Å². The monoisotopic (exact) mass is 391 g/mol. The summed E-state index contributed by atoms with van der Waals surface area (Å²) in [6.07, 6.45) is 1.59. The zero-order valence-corrected chi connectivity index (χ0v) is 16.1. The third kappa shape index (κ3) is 6.25. The summed E-state index contributed by atoms with van der Waals surface area (Å²) >= 11 is 1.20. The molecule has 0 spiro atoms. The van der Waals surface area contributed by atoms with Crippen molar-refractivity contribution in [3.8, 4) is 0 Å². The van der Waals surface area contributed by atoms with Gasteiger partial charge in [0.05, 0.1) is 11.0 Å². The van der Waals surface area contributed by atoms with Crippen LogP contribution in [0.15, 0.2) is 47.5 Å². The second-order valence-corrected chi connectivity index (χ2v) is 7.25. The van der Waals surface area contributed by atoms with Crippen molar-refractivity contribution in [3.05, 3.63) is 60.1 Å². The number of carbonyl (C=O) groups excluding carboxylic acids is 2. The quantitative estimate of drug-likeness (QED) is 0.663. The minimum Gasteiger partial charge on any atom is -0.360 e. The van der Waals surface area contributed by atoms with Crippen LogP contribution in [0.4, 0.5) is 10.2 Å². The van der Waals surface area contributed by atoms with E-state index in [0.717, 1.165) is 0 Å². The van der Waals surface area contributed by atoms with Crippen LogP contribution in [0.2, 0.25) is 0 Å². The third-order valence-corrected chi connectivity index (χ3v) is 4.85. The number of halogens is 1. The maximum absolute atomic E-state index is 13.8. The van der Waals surface area contributed by atoms with E-state index >= 15 is 0 Å². The average molecular weight is 391 g/mol. The summed E-state index contributed by atoms with van der Waals surface area (Å²) < 4.78 is 18.7. The Labute approximate surface area is 161 Å². The van der Waals surface area contributed by atoms with Crippen molar-refractivity contribution in [1.82, 2.24) is 10.1 Å². The predicted octanol–water partition coefficient (Wildman–Crippen LogP) is 3.40. The van der Waals surface area contributed by atoms with Gasteiger partial charge in [-0.2, -0.15) is 0 Å². The van der Waals surface area contributed by atoms with E-state index in [0.29, 0.717) is 23.7 Å². The molecule has 0 saturated heterocycles. The van der Waals surface area contributed by atoms with Crippen molar-refractivity contribution in [2.45, 2.75) is 25.6 Å². The first-order valence-electron chi connectivity index (χ1n) is 8.38. The van der Waals surface area contributed by atoms with Crippen molar-refractivity contribution < 1.29 is 18.5 Å². The van der Waals surface area contributed by atoms with Crippen LogP contribution in [0, 0.1) is 12.7 Å². The van der Waals surface area contributed by atoms with Crippen LogP contribution in [-0.2, 0) is 16.1 Å². The summed E-state index contributed by atoms with van der Waals surface area (Å²) in [5, 5.41) is 5.87. The van der Waals surface area contributed by atoms with Gasteiger partial charge in [0, 0.05) is 24.7 Å². The fraction of sp³-hybridized carbons (Fsp3) is 0.316. The summed E-state index contributed by atoms with van der Waals surface area (Å²) in [7, 11) is 0. The molecule has 0 saturated carbocycles. The van der Waals surface area contributed by atoms with E-state index < -0.39 is 5.25 Å². The summed E-state index contributed by atoms with van der Waals surface area (Å²) in [6.45, 7) is 7.52. The van der Waals surface area contributed by atoms with Gasteiger partial charge in [-0.1, -0.05) is 29.4 Å². The highest BCUT2D eigenvalue weighted by molar-refractivity contribution is 8.01. The van der Waals surface area contributed by atoms with Gasteiger partial charge in [-0.15, -0.1) is 18.3 Å². The van der Waals surface area contributed by atoms with Crippen LogP contribution in [0.1, 0.15) is 18.2 Å². The number of carbonyl (C=O) groups is 2. The first-order valence-corrected chi connectivity index (χ1v) is 9.43. The van der Waals surface area contributed by atoms with Crippen LogP contribution in [0.25, 0.3) is 0 Å². The summed E-state index contributed by atoms with van der Waals surface area (Å²) in [5.74, 6) is 0.195. The fourth-order valence-corrected chi connectivity index (χ4v) is 3.04. The van der Waals surface area contributed by atoms with Gasteiger partial charge in [0.1, 0.15) is 11.6 Å². The highest BCUT2D eigenvalue weighted by Crippen LogP contribution is 2.16. The Hall–Kier alpha value is -2.61. The van der Waals surface area contributed by atoms with Crippen LogP contribution in [-0.4, -0.2) is 39.4 Å². The normalized spacial score (nSPS) is 11.7. The van der Waals surface area contributed by atoms with Crippen molar-refractivity contribution in [3.63, 3.8) is 0 Å². The standard InChI is InChI=1S/C19H22FN3O3S/c1-4-9-23(11-15-7-5-6-8-16(15)20)18(24)12-27-14(3)19(25)21-17-10-13(2)26-22-17/h4-8,10,14H,1,9,11-12H2,2-3H3,(H,21,22,25). The molecule has 0 aliphatic rings. The molecule has 1 aromatic carbocycles. The molecule has 6 nitrogen and oxygen atoms in total. The number of thioether (sulfide) groups is 1. The van der Waals surface area contributed by atoms with Crippen molar-refractivity contribution in [2.24, 2.45) is 0 Å². The molecule has 1 unspecified atom stereocenters. The number of aryl methyl sites for hydroxylation is 1. The topological polar surface area (TPSA) is 75.4 Å². The highest BCUT2D eigenvalue weighted by Gasteiger charge is 2.20. The van der Waals surface area contributed by atoms with E-state index in [-0.39, 0.29) is 29.9 Å². The highest BCUT2D eigenvalue weighted by atomic mass is 32.2. The molecule has 1 heterocycles. The molecule has 0 aliphatic carbocycles. The third-order valence-electron chi connectivity index (χ3n) is 3.73. The lowest BCUT2D eigenvalue weighted by atomic mass is 10.2. The van der Waals surface area contributed by atoms with Crippen LogP contribution in [0.5, 0.6) is 0 Å². The second-order valence-electron chi connectivity index (χ2n) is 5.92. The largest absolute Gasteiger partial charge is 0.360 e. The molecule has 1 aromatic heterocycles. The molecular weight excluding hydrogens is 369 g/mol. The van der Waals surface area contributed by atoms with Crippen LogP contribution in [0.3, 0.4) is 0 Å². The van der Waals surface area contributed by atoms with Crippen LogP contribution < -0.4 is 5.32 Å². The lowest BCUT2D eigenvalue weighted by Crippen LogP contribution is -2.33. The van der Waals surface area contributed by atoms with E-state index in [1.54, 1.807) is 44.2 Å². The molecular formula is C19H22FN3O3S. The number of aromatic nitrogens is 1. The Morgan fingerprint density at radius 2 is 2.19 bits per heavy atom. The average Bonchev–Trinajstić information content (AvgIpc) is 3.05. The van der Waals surface area contributed by atoms with Crippen molar-refractivity contribution in [1.29, 1.82) is 0 Å². The Kier molecular flexibility index (Phi) is 7.60. The Morgan fingerprint density at radius 3 is 2.81 bits per heavy atom. The van der Waals surface area contributed by atoms with Crippen molar-refractivity contribution >= 4 is 29.4 Å². The zero-order valence-electron chi connectivity index (χ0n) is 15.3. The Balaban J connectivity index is 1.89. The molecule has 2 amide bonds. The summed E-state index contributed by atoms with van der Waals surface area (Å²) in [6, 6.07) is 7.94. The summed E-state index contributed by atoms with van der Waals surface area (Å²) in [4.78, 5) is 26.2. The number of hydrogen-bond donors (Lipinski definition) is 1. The molecule has 144 valence electrons. The maximum atomic E-state index is 13.8. The lowest BCUT2D eigenvalue weighted by molar-refractivity contribution is -0.128. The predicted molar refractivity (Wildman–Crippen MR) is 104 cm³/mol. The Bertz CT molecular complexity index is 809. The van der Waals surface area contributed by atoms with E-state index in [2.05, 4.69) is 17.1 Å². The van der Waals surface area contributed by atoms with Crippen molar-refractivity contribution in [2.75, 3.05) is 17.6 Å². The van der Waals surface area contributed by atoms with Gasteiger partial charge in [0.15, 0.2) is 5.82 Å². The maximum Gasteiger partial charge on any atom is 0.238 e. The van der Waals surface area contributed by atoms with Gasteiger partial charge in [0.2, 0.25) is 11.8 Å². The molecule has 2 aromatic rings. The molecule has 2 rings (SSSR count). The van der Waals surface area contributed by atoms with Gasteiger partial charge < -0.3 is 14.7 Å². The number of amides is 2. The molecule has 0 fully saturated rings. The zero-order chi connectivity index (χ0) is 19.8. The van der Waals surface area contributed by atoms with E-state index in [1.807, 2.05) is 0 Å². The minimum atomic E-state index is -0.468. The number of rotatable bonds is 9. The van der Waals surface area contributed by atoms with E-state index in [1.165, 1.54) is 22.7 Å².